The number of aliphatic carboxylic acids is 2. The molecule has 69 heavy (non-hydrogen) atoms. The molecule has 0 aromatic rings. The van der Waals surface area contributed by atoms with Crippen LogP contribution in [0.25, 0.3) is 0 Å². The van der Waals surface area contributed by atoms with Crippen molar-refractivity contribution in [3.05, 3.63) is 0 Å². The van der Waals surface area contributed by atoms with E-state index in [9.17, 15) is 103 Å². The fourth-order valence-corrected chi connectivity index (χ4v) is 8.62. The van der Waals surface area contributed by atoms with Crippen LogP contribution in [0.15, 0.2) is 0 Å². The Hall–Kier alpha value is -3.16. The number of aliphatic hydroxyl groups is 6. The number of carboxylic acid groups (broad SMARTS) is 2. The first kappa shape index (κ1) is 58.4. The second-order valence-corrected chi connectivity index (χ2v) is 19.0. The van der Waals surface area contributed by atoms with Gasteiger partial charge in [-0.05, 0) is 0 Å². The van der Waals surface area contributed by atoms with Gasteiger partial charge in [0.15, 0.2) is 49.6 Å². The first-order valence-electron chi connectivity index (χ1n) is 18.7. The van der Waals surface area contributed by atoms with Gasteiger partial charge in [-0.15, -0.1) is 0 Å². The van der Waals surface area contributed by atoms with Crippen LogP contribution in [-0.2, 0) is 111 Å². The molecule has 4 heterocycles. The lowest BCUT2D eigenvalue weighted by atomic mass is 9.94. The third-order valence-corrected chi connectivity index (χ3v) is 11.6. The zero-order valence-electron chi connectivity index (χ0n) is 34.4. The number of amides is 2. The van der Waals surface area contributed by atoms with Gasteiger partial charge in [-0.2, -0.15) is 33.7 Å². The Balaban J connectivity index is 1.77. The molecular formula is C28H44N2O35S4. The fourth-order valence-electron chi connectivity index (χ4n) is 7.04. The largest absolute Gasteiger partial charge is 0.479 e. The van der Waals surface area contributed by atoms with E-state index in [1.165, 1.54) is 0 Å². The summed E-state index contributed by atoms with van der Waals surface area (Å²) in [5, 5.41) is 89.7. The van der Waals surface area contributed by atoms with Gasteiger partial charge in [-0.1, -0.05) is 0 Å². The first-order valence-corrected chi connectivity index (χ1v) is 24.2. The number of carbonyl (C=O) groups excluding carboxylic acids is 2. The molecule has 0 aromatic carbocycles. The van der Waals surface area contributed by atoms with E-state index in [1.54, 1.807) is 0 Å². The minimum atomic E-state index is -5.90. The van der Waals surface area contributed by atoms with Gasteiger partial charge >= 0.3 is 53.5 Å². The monoisotopic (exact) mass is 1100 g/mol. The highest BCUT2D eigenvalue weighted by Crippen LogP contribution is 2.36. The summed E-state index contributed by atoms with van der Waals surface area (Å²) in [6.45, 7) is -1.32. The van der Waals surface area contributed by atoms with Crippen molar-refractivity contribution in [3.63, 3.8) is 0 Å². The van der Waals surface area contributed by atoms with Crippen LogP contribution in [0.1, 0.15) is 13.8 Å². The van der Waals surface area contributed by atoms with Crippen molar-refractivity contribution in [3.8, 4) is 0 Å². The second kappa shape index (κ2) is 22.7. The van der Waals surface area contributed by atoms with Crippen molar-refractivity contribution in [2.45, 2.75) is 137 Å². The summed E-state index contributed by atoms with van der Waals surface area (Å²) < 4.78 is 185. The summed E-state index contributed by atoms with van der Waals surface area (Å²) >= 11 is 0. The molecule has 0 aromatic heterocycles. The lowest BCUT2D eigenvalue weighted by Gasteiger charge is -2.50. The third kappa shape index (κ3) is 15.9. The molecule has 0 bridgehead atoms. The Bertz CT molecular complexity index is 2300. The lowest BCUT2D eigenvalue weighted by molar-refractivity contribution is -0.367. The number of nitrogens with one attached hydrogen (secondary N) is 2. The normalized spacial score (nSPS) is 39.2. The number of rotatable bonds is 20. The predicted molar refractivity (Wildman–Crippen MR) is 200 cm³/mol. The van der Waals surface area contributed by atoms with Crippen LogP contribution in [0.2, 0.25) is 0 Å². The minimum Gasteiger partial charge on any atom is -0.479 e. The molecule has 20 atom stereocenters. The van der Waals surface area contributed by atoms with Crippen molar-refractivity contribution in [1.29, 1.82) is 0 Å². The van der Waals surface area contributed by atoms with Gasteiger partial charge in [0.2, 0.25) is 11.8 Å². The molecule has 0 spiro atoms. The number of hydrogen-bond acceptors (Lipinski definition) is 29. The molecule has 4 aliphatic rings. The molecule has 14 N–H and O–H groups in total. The van der Waals surface area contributed by atoms with Crippen molar-refractivity contribution in [1.82, 2.24) is 10.6 Å². The summed E-state index contributed by atoms with van der Waals surface area (Å²) in [4.78, 5) is 49.3. The molecule has 2 amide bonds. The Morgan fingerprint density at radius 3 is 1.29 bits per heavy atom. The van der Waals surface area contributed by atoms with Gasteiger partial charge in [0.25, 0.3) is 0 Å². The quantitative estimate of drug-likeness (QED) is 0.0504. The van der Waals surface area contributed by atoms with Crippen LogP contribution in [0.3, 0.4) is 0 Å². The van der Waals surface area contributed by atoms with Gasteiger partial charge < -0.3 is 84.6 Å². The van der Waals surface area contributed by atoms with Crippen LogP contribution in [0.4, 0.5) is 0 Å². The fraction of sp³-hybridized carbons (Fsp3) is 0.857. The van der Waals surface area contributed by atoms with Crippen LogP contribution in [0.5, 0.6) is 0 Å². The molecule has 8 unspecified atom stereocenters. The topological polar surface area (TPSA) is 573 Å². The van der Waals surface area contributed by atoms with Crippen molar-refractivity contribution >= 4 is 65.3 Å². The zero-order chi connectivity index (χ0) is 52.5. The highest BCUT2D eigenvalue weighted by atomic mass is 32.3. The highest BCUT2D eigenvalue weighted by molar-refractivity contribution is 7.81. The molecule has 4 fully saturated rings. The van der Waals surface area contributed by atoms with Crippen LogP contribution < -0.4 is 10.6 Å². The smallest absolute Gasteiger partial charge is 0.397 e. The molecule has 41 heteroatoms. The first-order chi connectivity index (χ1) is 31.5. The van der Waals surface area contributed by atoms with Crippen LogP contribution in [0, 0.1) is 0 Å². The molecule has 400 valence electrons. The maximum absolute atomic E-state index is 12.7. The average molecular weight is 1100 g/mol. The van der Waals surface area contributed by atoms with Gasteiger partial charge in [0, 0.05) is 13.8 Å². The Morgan fingerprint density at radius 2 is 0.855 bits per heavy atom. The van der Waals surface area contributed by atoms with E-state index in [4.69, 9.17) is 42.3 Å². The molecular weight excluding hydrogens is 1050 g/mol. The number of hydrogen-bond donors (Lipinski definition) is 14. The van der Waals surface area contributed by atoms with E-state index >= 15 is 0 Å². The SMILES string of the molecule is CC(=O)NC1[C@@H](O[C@@H]2C(C(=O)O)O[C@@H](O[C@@H]3C(COS(=O)(=O)O)O[C@H](O[C@@H]4C(C(=O)O)O[C@@H](O)C(OS(=O)(=O)O)[C@H]4O)C(NC(C)=O)[C@H]3O)C(OS(=O)(=O)O)[C@H]2O)OC(COS(=O)(=O)O)[C@@H](O)[C@@H]1O. The van der Waals surface area contributed by atoms with Crippen molar-refractivity contribution in [2.24, 2.45) is 0 Å². The Morgan fingerprint density at radius 1 is 0.464 bits per heavy atom. The number of carboxylic acids is 2. The van der Waals surface area contributed by atoms with Gasteiger partial charge in [-0.3, -0.25) is 27.8 Å². The van der Waals surface area contributed by atoms with Crippen LogP contribution in [-0.4, -0.2) is 252 Å². The maximum Gasteiger partial charge on any atom is 0.397 e. The van der Waals surface area contributed by atoms with Gasteiger partial charge in [-0.25, -0.2) is 26.3 Å². The van der Waals surface area contributed by atoms with Crippen molar-refractivity contribution in [2.75, 3.05) is 13.2 Å². The second-order valence-electron chi connectivity index (χ2n) is 14.7. The van der Waals surface area contributed by atoms with E-state index in [-0.39, 0.29) is 0 Å². The van der Waals surface area contributed by atoms with Crippen LogP contribution >= 0.6 is 0 Å². The number of ether oxygens (including phenoxy) is 7. The van der Waals surface area contributed by atoms with E-state index in [0.29, 0.717) is 0 Å². The third-order valence-electron chi connectivity index (χ3n) is 9.76. The van der Waals surface area contributed by atoms with Crippen molar-refractivity contribution < 1.29 is 162 Å². The predicted octanol–water partition coefficient (Wildman–Crippen LogP) is -9.97. The highest BCUT2D eigenvalue weighted by Gasteiger charge is 2.59. The number of carbonyl (C=O) groups is 4. The lowest BCUT2D eigenvalue weighted by Crippen LogP contribution is -2.70. The summed E-state index contributed by atoms with van der Waals surface area (Å²) in [7, 11) is -22.3. The Labute approximate surface area is 386 Å². The summed E-state index contributed by atoms with van der Waals surface area (Å²) in [6.07, 6.45) is -45.9. The van der Waals surface area contributed by atoms with Gasteiger partial charge in [0.1, 0.15) is 73.1 Å². The average Bonchev–Trinajstić information content (AvgIpc) is 3.18. The standard InChI is InChI=1S/C28H44N2O35S4/c1-5(31)29-9-12(34)11(33)7(3-55-66(43,44)45)57-26(9)62-18-15(37)20(65-69(52,53)54)28(63-22(18)24(40)41)60-16-8(4-56-67(46,47)48)58-27(10(13(16)35)30-6(2)32)61-17-14(36)19(64-68(49,50)51)25(42)59-21(17)23(38)39/h7-22,25-28,33-37,42H,3-4H2,1-2H3,(H,29,31)(H,30,32)(H,38,39)(H,40,41)(H,43,44,45)(H,46,47,48)(H,49,50,51)(H,52,53,54)/t7?,8?,9?,10?,11-,12-,13-,14+,15+,16-,17+,18+,19?,20?,21?,22?,25-,26-,27-,28-/m1/s1. The molecule has 0 aliphatic carbocycles. The maximum atomic E-state index is 12.7. The summed E-state index contributed by atoms with van der Waals surface area (Å²) in [5.41, 5.74) is 0. The Kier molecular flexibility index (Phi) is 19.2. The molecule has 4 saturated heterocycles. The molecule has 4 rings (SSSR count). The molecule has 0 saturated carbocycles. The summed E-state index contributed by atoms with van der Waals surface area (Å²) in [6, 6.07) is -4.27. The minimum absolute atomic E-state index is 0.752. The van der Waals surface area contributed by atoms with E-state index in [1.807, 2.05) is 10.6 Å². The number of aliphatic hydroxyl groups excluding tert-OH is 6. The zero-order valence-corrected chi connectivity index (χ0v) is 37.6. The van der Waals surface area contributed by atoms with E-state index < -0.39 is 201 Å². The molecule has 4 aliphatic heterocycles. The molecule has 0 radical (unpaired) electrons. The van der Waals surface area contributed by atoms with E-state index in [0.717, 1.165) is 13.8 Å². The van der Waals surface area contributed by atoms with Gasteiger partial charge in [0.05, 0.1) is 13.2 Å². The molecule has 37 nitrogen and oxygen atoms in total. The summed E-state index contributed by atoms with van der Waals surface area (Å²) in [5.74, 6) is -6.46. The van der Waals surface area contributed by atoms with E-state index in [2.05, 4.69) is 16.7 Å².